The average molecular weight is 138 g/mol. The molecule has 0 amide bonds. The lowest BCUT2D eigenvalue weighted by Gasteiger charge is -2.27. The lowest BCUT2D eigenvalue weighted by atomic mass is 9.92. The highest BCUT2D eigenvalue weighted by Gasteiger charge is 2.26. The molecule has 2 nitrogen and oxygen atoms in total. The van der Waals surface area contributed by atoms with E-state index >= 15 is 0 Å². The van der Waals surface area contributed by atoms with Gasteiger partial charge in [-0.3, -0.25) is 5.32 Å². The topological polar surface area (TPSA) is 38.0 Å². The second kappa shape index (κ2) is 2.36. The molecule has 0 bridgehead atoms. The van der Waals surface area contributed by atoms with Crippen molar-refractivity contribution in [2.75, 3.05) is 6.54 Å². The molecule has 2 unspecified atom stereocenters. The second-order valence-electron chi connectivity index (χ2n) is 3.20. The molecule has 2 rings (SSSR count). The maximum atomic E-state index is 5.84. The van der Waals surface area contributed by atoms with Crippen molar-refractivity contribution in [3.8, 4) is 0 Å². The Bertz CT molecular complexity index is 163. The summed E-state index contributed by atoms with van der Waals surface area (Å²) in [4.78, 5) is 0. The molecule has 0 aromatic rings. The van der Waals surface area contributed by atoms with Crippen molar-refractivity contribution in [2.45, 2.75) is 25.4 Å². The van der Waals surface area contributed by atoms with Gasteiger partial charge in [0, 0.05) is 0 Å². The maximum Gasteiger partial charge on any atom is 0.0771 e. The van der Waals surface area contributed by atoms with Gasteiger partial charge >= 0.3 is 0 Å². The quantitative estimate of drug-likeness (QED) is 0.481. The summed E-state index contributed by atoms with van der Waals surface area (Å²) in [6.07, 6.45) is 6.35. The van der Waals surface area contributed by atoms with Crippen LogP contribution in [-0.2, 0) is 0 Å². The van der Waals surface area contributed by atoms with Crippen LogP contribution in [0.3, 0.4) is 0 Å². The largest absolute Gasteiger partial charge is 0.312 e. The van der Waals surface area contributed by atoms with Gasteiger partial charge in [0.1, 0.15) is 0 Å². The predicted octanol–water partition coefficient (Wildman–Crippen LogP) is 0.601. The average Bonchev–Trinajstić information content (AvgIpc) is 2.36. The second-order valence-corrected chi connectivity index (χ2v) is 3.20. The van der Waals surface area contributed by atoms with Crippen molar-refractivity contribution in [3.05, 3.63) is 11.6 Å². The number of fused-ring (bicyclic) bond motifs is 1. The van der Waals surface area contributed by atoms with E-state index in [9.17, 15) is 0 Å². The monoisotopic (exact) mass is 138 g/mol. The van der Waals surface area contributed by atoms with Crippen LogP contribution < -0.4 is 11.1 Å². The van der Waals surface area contributed by atoms with E-state index in [0.29, 0.717) is 0 Å². The van der Waals surface area contributed by atoms with E-state index in [1.54, 1.807) is 0 Å². The molecule has 0 aromatic carbocycles. The minimum absolute atomic E-state index is 0.168. The molecule has 10 heavy (non-hydrogen) atoms. The zero-order chi connectivity index (χ0) is 6.97. The summed E-state index contributed by atoms with van der Waals surface area (Å²) in [5, 5.41) is 3.26. The fraction of sp³-hybridized carbons (Fsp3) is 0.750. The summed E-state index contributed by atoms with van der Waals surface area (Å²) in [5.41, 5.74) is 7.30. The normalized spacial score (nSPS) is 39.1. The van der Waals surface area contributed by atoms with E-state index in [0.717, 1.165) is 12.5 Å². The van der Waals surface area contributed by atoms with Crippen molar-refractivity contribution in [1.82, 2.24) is 5.32 Å². The minimum Gasteiger partial charge on any atom is -0.312 e. The fourth-order valence-electron chi connectivity index (χ4n) is 2.01. The van der Waals surface area contributed by atoms with Crippen molar-refractivity contribution in [2.24, 2.45) is 11.7 Å². The zero-order valence-corrected chi connectivity index (χ0v) is 6.14. The molecule has 1 heterocycles. The number of piperidine rings is 1. The number of hydrogen-bond acceptors (Lipinski definition) is 2. The number of nitrogens with one attached hydrogen (secondary N) is 1. The fourth-order valence-corrected chi connectivity index (χ4v) is 2.01. The van der Waals surface area contributed by atoms with Gasteiger partial charge in [-0.05, 0) is 37.3 Å². The van der Waals surface area contributed by atoms with E-state index in [4.69, 9.17) is 5.73 Å². The van der Waals surface area contributed by atoms with Crippen LogP contribution >= 0.6 is 0 Å². The molecule has 0 saturated carbocycles. The van der Waals surface area contributed by atoms with Crippen molar-refractivity contribution < 1.29 is 0 Å². The van der Waals surface area contributed by atoms with Gasteiger partial charge in [-0.1, -0.05) is 6.08 Å². The summed E-state index contributed by atoms with van der Waals surface area (Å²) < 4.78 is 0. The van der Waals surface area contributed by atoms with E-state index in [2.05, 4.69) is 11.4 Å². The predicted molar refractivity (Wildman–Crippen MR) is 41.4 cm³/mol. The summed E-state index contributed by atoms with van der Waals surface area (Å²) in [5.74, 6) is 0.816. The van der Waals surface area contributed by atoms with Crippen molar-refractivity contribution >= 4 is 0 Å². The Hall–Kier alpha value is -0.340. The first-order chi connectivity index (χ1) is 4.88. The molecule has 1 fully saturated rings. The SMILES string of the molecule is NC1NCCC2CCC=C21. The van der Waals surface area contributed by atoms with E-state index in [1.807, 2.05) is 0 Å². The Morgan fingerprint density at radius 2 is 2.40 bits per heavy atom. The highest BCUT2D eigenvalue weighted by atomic mass is 15.0. The van der Waals surface area contributed by atoms with Crippen molar-refractivity contribution in [3.63, 3.8) is 0 Å². The van der Waals surface area contributed by atoms with Crippen LogP contribution in [0.25, 0.3) is 0 Å². The van der Waals surface area contributed by atoms with Crippen LogP contribution in [0, 0.1) is 5.92 Å². The third-order valence-corrected chi connectivity index (χ3v) is 2.58. The van der Waals surface area contributed by atoms with Crippen LogP contribution in [0.1, 0.15) is 19.3 Å². The molecular weight excluding hydrogens is 124 g/mol. The minimum atomic E-state index is 0.168. The number of rotatable bonds is 0. The Balaban J connectivity index is 2.15. The summed E-state index contributed by atoms with van der Waals surface area (Å²) in [6, 6.07) is 0. The van der Waals surface area contributed by atoms with Crippen LogP contribution in [0.5, 0.6) is 0 Å². The van der Waals surface area contributed by atoms with Crippen LogP contribution in [-0.4, -0.2) is 12.7 Å². The molecule has 3 N–H and O–H groups in total. The maximum absolute atomic E-state index is 5.84. The van der Waals surface area contributed by atoms with Gasteiger partial charge in [-0.15, -0.1) is 0 Å². The van der Waals surface area contributed by atoms with E-state index in [1.165, 1.54) is 24.8 Å². The molecule has 0 aromatic heterocycles. The number of hydrogen-bond donors (Lipinski definition) is 2. The Morgan fingerprint density at radius 3 is 3.20 bits per heavy atom. The molecule has 1 aliphatic heterocycles. The summed E-state index contributed by atoms with van der Waals surface area (Å²) in [7, 11) is 0. The van der Waals surface area contributed by atoms with Crippen LogP contribution in [0.2, 0.25) is 0 Å². The van der Waals surface area contributed by atoms with Gasteiger partial charge < -0.3 is 5.73 Å². The smallest absolute Gasteiger partial charge is 0.0771 e. The van der Waals surface area contributed by atoms with Gasteiger partial charge in [0.25, 0.3) is 0 Å². The van der Waals surface area contributed by atoms with Crippen LogP contribution in [0.4, 0.5) is 0 Å². The standard InChI is InChI=1S/C8H14N2/c9-8-7-3-1-2-6(7)4-5-10-8/h3,6,8,10H,1-2,4-5,9H2. The lowest BCUT2D eigenvalue weighted by molar-refractivity contribution is 0.408. The first-order valence-corrected chi connectivity index (χ1v) is 4.07. The highest BCUT2D eigenvalue weighted by molar-refractivity contribution is 5.19. The Labute approximate surface area is 61.5 Å². The van der Waals surface area contributed by atoms with Crippen molar-refractivity contribution in [1.29, 1.82) is 0 Å². The first kappa shape index (κ1) is 6.38. The lowest BCUT2D eigenvalue weighted by Crippen LogP contribution is -2.45. The van der Waals surface area contributed by atoms with Gasteiger partial charge in [-0.2, -0.15) is 0 Å². The molecule has 2 heteroatoms. The molecule has 1 aliphatic carbocycles. The summed E-state index contributed by atoms with van der Waals surface area (Å²) >= 11 is 0. The molecular formula is C8H14N2. The third-order valence-electron chi connectivity index (χ3n) is 2.58. The van der Waals surface area contributed by atoms with Gasteiger partial charge in [0.05, 0.1) is 6.17 Å². The van der Waals surface area contributed by atoms with Crippen LogP contribution in [0.15, 0.2) is 11.6 Å². The molecule has 0 radical (unpaired) electrons. The zero-order valence-electron chi connectivity index (χ0n) is 6.14. The molecule has 56 valence electrons. The molecule has 0 spiro atoms. The van der Waals surface area contributed by atoms with Gasteiger partial charge in [0.15, 0.2) is 0 Å². The van der Waals surface area contributed by atoms with Gasteiger partial charge in [0.2, 0.25) is 0 Å². The molecule has 2 aliphatic rings. The number of allylic oxidation sites excluding steroid dienone is 1. The molecule has 1 saturated heterocycles. The first-order valence-electron chi connectivity index (χ1n) is 4.07. The van der Waals surface area contributed by atoms with Gasteiger partial charge in [-0.25, -0.2) is 0 Å². The Kier molecular flexibility index (Phi) is 1.51. The number of nitrogens with two attached hydrogens (primary N) is 1. The third kappa shape index (κ3) is 0.879. The Morgan fingerprint density at radius 1 is 1.50 bits per heavy atom. The molecule has 2 atom stereocenters. The van der Waals surface area contributed by atoms with E-state index < -0.39 is 0 Å². The summed E-state index contributed by atoms with van der Waals surface area (Å²) in [6.45, 7) is 1.10. The van der Waals surface area contributed by atoms with E-state index in [-0.39, 0.29) is 6.17 Å². The highest BCUT2D eigenvalue weighted by Crippen LogP contribution is 2.31.